The number of hydrogen-bond acceptors (Lipinski definition) is 1. The van der Waals surface area contributed by atoms with E-state index < -0.39 is 0 Å². The summed E-state index contributed by atoms with van der Waals surface area (Å²) in [6.07, 6.45) is 2.72. The van der Waals surface area contributed by atoms with Gasteiger partial charge in [-0.05, 0) is 40.0 Å². The first-order valence-corrected chi connectivity index (χ1v) is 5.70. The molecule has 0 aliphatic carbocycles. The molecule has 2 rings (SSSR count). The molecule has 0 saturated heterocycles. The number of hydrogen-bond donors (Lipinski definition) is 0. The molecule has 15 heavy (non-hydrogen) atoms. The summed E-state index contributed by atoms with van der Waals surface area (Å²) in [5, 5.41) is 0. The van der Waals surface area contributed by atoms with Crippen LogP contribution in [-0.4, -0.2) is 4.98 Å². The van der Waals surface area contributed by atoms with Crippen molar-refractivity contribution >= 4 is 15.9 Å². The Labute approximate surface area is 98.3 Å². The molecule has 0 aliphatic rings. The van der Waals surface area contributed by atoms with E-state index in [4.69, 9.17) is 0 Å². The van der Waals surface area contributed by atoms with Gasteiger partial charge in [0.1, 0.15) is 4.60 Å². The summed E-state index contributed by atoms with van der Waals surface area (Å²) in [5.74, 6) is 0. The van der Waals surface area contributed by atoms with E-state index in [1.807, 2.05) is 6.07 Å². The van der Waals surface area contributed by atoms with Crippen LogP contribution in [0.2, 0.25) is 0 Å². The molecular weight excluding hydrogens is 250 g/mol. The molecule has 1 heterocycles. The monoisotopic (exact) mass is 261 g/mol. The van der Waals surface area contributed by atoms with Gasteiger partial charge >= 0.3 is 0 Å². The van der Waals surface area contributed by atoms with Gasteiger partial charge in [0.15, 0.2) is 0 Å². The van der Waals surface area contributed by atoms with E-state index in [1.165, 1.54) is 16.7 Å². The van der Waals surface area contributed by atoms with Gasteiger partial charge in [0, 0.05) is 12.6 Å². The highest BCUT2D eigenvalue weighted by molar-refractivity contribution is 9.10. The Bertz CT molecular complexity index is 448. The molecule has 0 N–H and O–H groups in total. The van der Waals surface area contributed by atoms with Crippen LogP contribution in [0.5, 0.6) is 0 Å². The van der Waals surface area contributed by atoms with E-state index in [9.17, 15) is 0 Å². The van der Waals surface area contributed by atoms with Crippen LogP contribution in [0.4, 0.5) is 0 Å². The molecule has 0 saturated carbocycles. The third-order valence-electron chi connectivity index (χ3n) is 2.35. The number of pyridine rings is 1. The lowest BCUT2D eigenvalue weighted by Crippen LogP contribution is -1.91. The second kappa shape index (κ2) is 4.58. The molecule has 0 atom stereocenters. The number of aromatic nitrogens is 1. The van der Waals surface area contributed by atoms with Crippen LogP contribution in [-0.2, 0) is 6.42 Å². The van der Waals surface area contributed by atoms with Gasteiger partial charge in [0.2, 0.25) is 0 Å². The zero-order chi connectivity index (χ0) is 10.7. The fourth-order valence-electron chi connectivity index (χ4n) is 1.48. The molecule has 2 heteroatoms. The maximum Gasteiger partial charge on any atom is 0.109 e. The minimum absolute atomic E-state index is 0.925. The van der Waals surface area contributed by atoms with E-state index in [1.54, 1.807) is 6.20 Å². The SMILES string of the molecule is Cc1ccc(Cc2cccnc2Br)cc1. The maximum atomic E-state index is 4.21. The molecule has 0 radical (unpaired) electrons. The molecule has 0 unspecified atom stereocenters. The lowest BCUT2D eigenvalue weighted by molar-refractivity contribution is 1.11. The van der Waals surface area contributed by atoms with Crippen LogP contribution in [0, 0.1) is 6.92 Å². The van der Waals surface area contributed by atoms with Gasteiger partial charge in [-0.2, -0.15) is 0 Å². The molecule has 2 aromatic rings. The lowest BCUT2D eigenvalue weighted by atomic mass is 10.1. The summed E-state index contributed by atoms with van der Waals surface area (Å²) in [7, 11) is 0. The predicted octanol–water partition coefficient (Wildman–Crippen LogP) is 3.74. The van der Waals surface area contributed by atoms with Crippen molar-refractivity contribution in [1.82, 2.24) is 4.98 Å². The minimum atomic E-state index is 0.925. The Balaban J connectivity index is 2.22. The number of halogens is 1. The molecule has 1 aromatic carbocycles. The second-order valence-electron chi connectivity index (χ2n) is 3.62. The van der Waals surface area contributed by atoms with Gasteiger partial charge in [-0.3, -0.25) is 0 Å². The number of nitrogens with zero attached hydrogens (tertiary/aromatic N) is 1. The largest absolute Gasteiger partial charge is 0.249 e. The maximum absolute atomic E-state index is 4.21. The van der Waals surface area contributed by atoms with Crippen LogP contribution in [0.1, 0.15) is 16.7 Å². The first-order chi connectivity index (χ1) is 7.25. The molecular formula is C13H12BrN. The van der Waals surface area contributed by atoms with E-state index in [-0.39, 0.29) is 0 Å². The highest BCUT2D eigenvalue weighted by Crippen LogP contribution is 2.17. The third kappa shape index (κ3) is 2.66. The minimum Gasteiger partial charge on any atom is -0.249 e. The predicted molar refractivity (Wildman–Crippen MR) is 65.9 cm³/mol. The summed E-state index contributed by atoms with van der Waals surface area (Å²) in [5.41, 5.74) is 3.83. The molecule has 0 amide bonds. The zero-order valence-electron chi connectivity index (χ0n) is 8.57. The number of benzene rings is 1. The van der Waals surface area contributed by atoms with Crippen LogP contribution in [0.15, 0.2) is 47.2 Å². The smallest absolute Gasteiger partial charge is 0.109 e. The standard InChI is InChI=1S/C13H12BrN/c1-10-4-6-11(7-5-10)9-12-3-2-8-15-13(12)14/h2-8H,9H2,1H3. The van der Waals surface area contributed by atoms with E-state index >= 15 is 0 Å². The normalized spacial score (nSPS) is 10.3. The summed E-state index contributed by atoms with van der Waals surface area (Å²) in [6, 6.07) is 12.7. The Hall–Kier alpha value is -1.15. The van der Waals surface area contributed by atoms with Crippen molar-refractivity contribution in [2.45, 2.75) is 13.3 Å². The summed E-state index contributed by atoms with van der Waals surface area (Å²) in [4.78, 5) is 4.21. The van der Waals surface area contributed by atoms with Crippen molar-refractivity contribution < 1.29 is 0 Å². The molecule has 1 aromatic heterocycles. The van der Waals surface area contributed by atoms with Crippen LogP contribution in [0.3, 0.4) is 0 Å². The summed E-state index contributed by atoms with van der Waals surface area (Å²) >= 11 is 3.46. The Morgan fingerprint density at radius 2 is 1.87 bits per heavy atom. The molecule has 0 bridgehead atoms. The Morgan fingerprint density at radius 3 is 2.53 bits per heavy atom. The van der Waals surface area contributed by atoms with Gasteiger partial charge in [-0.1, -0.05) is 35.9 Å². The van der Waals surface area contributed by atoms with Gasteiger partial charge in [-0.15, -0.1) is 0 Å². The van der Waals surface area contributed by atoms with Crippen molar-refractivity contribution in [3.63, 3.8) is 0 Å². The summed E-state index contributed by atoms with van der Waals surface area (Å²) in [6.45, 7) is 2.10. The van der Waals surface area contributed by atoms with Crippen LogP contribution in [0.25, 0.3) is 0 Å². The second-order valence-corrected chi connectivity index (χ2v) is 4.37. The van der Waals surface area contributed by atoms with E-state index in [0.717, 1.165) is 11.0 Å². The first kappa shape index (κ1) is 10.4. The van der Waals surface area contributed by atoms with Gasteiger partial charge < -0.3 is 0 Å². The lowest BCUT2D eigenvalue weighted by Gasteiger charge is -2.03. The van der Waals surface area contributed by atoms with E-state index in [2.05, 4.69) is 58.2 Å². The quantitative estimate of drug-likeness (QED) is 0.751. The fourth-order valence-corrected chi connectivity index (χ4v) is 1.87. The Morgan fingerprint density at radius 1 is 1.13 bits per heavy atom. The van der Waals surface area contributed by atoms with Crippen molar-refractivity contribution in [1.29, 1.82) is 0 Å². The Kier molecular flexibility index (Phi) is 3.17. The van der Waals surface area contributed by atoms with Crippen LogP contribution < -0.4 is 0 Å². The molecule has 0 aliphatic heterocycles. The highest BCUT2D eigenvalue weighted by Gasteiger charge is 2.00. The summed E-state index contributed by atoms with van der Waals surface area (Å²) < 4.78 is 0.936. The number of aryl methyl sites for hydroxylation is 1. The first-order valence-electron chi connectivity index (χ1n) is 4.90. The van der Waals surface area contributed by atoms with Crippen molar-refractivity contribution in [2.24, 2.45) is 0 Å². The highest BCUT2D eigenvalue weighted by atomic mass is 79.9. The van der Waals surface area contributed by atoms with Crippen molar-refractivity contribution in [3.05, 3.63) is 63.9 Å². The van der Waals surface area contributed by atoms with E-state index in [0.29, 0.717) is 0 Å². The van der Waals surface area contributed by atoms with Crippen molar-refractivity contribution in [3.8, 4) is 0 Å². The average Bonchev–Trinajstić information content (AvgIpc) is 2.25. The fraction of sp³-hybridized carbons (Fsp3) is 0.154. The molecule has 76 valence electrons. The molecule has 1 nitrogen and oxygen atoms in total. The van der Waals surface area contributed by atoms with Gasteiger partial charge in [-0.25, -0.2) is 4.98 Å². The average molecular weight is 262 g/mol. The van der Waals surface area contributed by atoms with Gasteiger partial charge in [0.05, 0.1) is 0 Å². The topological polar surface area (TPSA) is 12.9 Å². The third-order valence-corrected chi connectivity index (χ3v) is 3.07. The van der Waals surface area contributed by atoms with Gasteiger partial charge in [0.25, 0.3) is 0 Å². The van der Waals surface area contributed by atoms with Crippen LogP contribution >= 0.6 is 15.9 Å². The molecule has 0 spiro atoms. The number of rotatable bonds is 2. The van der Waals surface area contributed by atoms with Crippen molar-refractivity contribution in [2.75, 3.05) is 0 Å². The zero-order valence-corrected chi connectivity index (χ0v) is 10.2. The molecule has 0 fully saturated rings.